The van der Waals surface area contributed by atoms with Crippen LogP contribution in [-0.2, 0) is 11.3 Å². The molecule has 0 spiro atoms. The SMILES string of the molecule is O=C(NCc1ccc(F)cc1F)C1NCC2CCCC21. The summed E-state index contributed by atoms with van der Waals surface area (Å²) in [6, 6.07) is 3.24. The fraction of sp³-hybridized carbons (Fsp3) is 0.533. The van der Waals surface area contributed by atoms with Crippen molar-refractivity contribution in [3.8, 4) is 0 Å². The topological polar surface area (TPSA) is 41.1 Å². The third-order valence-electron chi connectivity index (χ3n) is 4.50. The van der Waals surface area contributed by atoms with E-state index in [0.717, 1.165) is 19.0 Å². The zero-order chi connectivity index (χ0) is 14.1. The maximum Gasteiger partial charge on any atom is 0.237 e. The molecule has 3 nitrogen and oxygen atoms in total. The van der Waals surface area contributed by atoms with Crippen LogP contribution in [-0.4, -0.2) is 18.5 Å². The average molecular weight is 280 g/mol. The lowest BCUT2D eigenvalue weighted by atomic mass is 9.93. The first-order chi connectivity index (χ1) is 9.65. The number of benzene rings is 1. The molecule has 0 bridgehead atoms. The van der Waals surface area contributed by atoms with Gasteiger partial charge in [0.2, 0.25) is 5.91 Å². The van der Waals surface area contributed by atoms with Crippen LogP contribution in [0.3, 0.4) is 0 Å². The lowest BCUT2D eigenvalue weighted by Gasteiger charge is -2.17. The van der Waals surface area contributed by atoms with E-state index < -0.39 is 11.6 Å². The molecule has 1 saturated heterocycles. The van der Waals surface area contributed by atoms with E-state index in [-0.39, 0.29) is 18.5 Å². The van der Waals surface area contributed by atoms with Crippen LogP contribution in [0.5, 0.6) is 0 Å². The van der Waals surface area contributed by atoms with Crippen molar-refractivity contribution in [2.24, 2.45) is 11.8 Å². The predicted molar refractivity (Wildman–Crippen MR) is 70.8 cm³/mol. The molecule has 1 aromatic rings. The highest BCUT2D eigenvalue weighted by Crippen LogP contribution is 2.37. The Bertz CT molecular complexity index is 521. The quantitative estimate of drug-likeness (QED) is 0.889. The van der Waals surface area contributed by atoms with Crippen molar-refractivity contribution >= 4 is 5.91 Å². The van der Waals surface area contributed by atoms with E-state index in [0.29, 0.717) is 17.4 Å². The Labute approximate surface area is 116 Å². The van der Waals surface area contributed by atoms with E-state index in [1.165, 1.54) is 25.0 Å². The van der Waals surface area contributed by atoms with Crippen molar-refractivity contribution in [2.75, 3.05) is 6.54 Å². The third-order valence-corrected chi connectivity index (χ3v) is 4.50. The minimum Gasteiger partial charge on any atom is -0.351 e. The molecule has 20 heavy (non-hydrogen) atoms. The van der Waals surface area contributed by atoms with Gasteiger partial charge in [0.15, 0.2) is 0 Å². The predicted octanol–water partition coefficient (Wildman–Crippen LogP) is 1.97. The second-order valence-corrected chi connectivity index (χ2v) is 5.69. The largest absolute Gasteiger partial charge is 0.351 e. The van der Waals surface area contributed by atoms with Gasteiger partial charge in [-0.05, 0) is 37.3 Å². The molecule has 1 aliphatic heterocycles. The maximum absolute atomic E-state index is 13.5. The van der Waals surface area contributed by atoms with E-state index in [1.807, 2.05) is 0 Å². The van der Waals surface area contributed by atoms with E-state index in [2.05, 4.69) is 10.6 Å². The van der Waals surface area contributed by atoms with E-state index in [9.17, 15) is 13.6 Å². The molecule has 2 N–H and O–H groups in total. The molecule has 108 valence electrons. The first-order valence-corrected chi connectivity index (χ1v) is 7.10. The van der Waals surface area contributed by atoms with Gasteiger partial charge in [-0.15, -0.1) is 0 Å². The normalized spacial score (nSPS) is 28.4. The number of hydrogen-bond acceptors (Lipinski definition) is 2. The van der Waals surface area contributed by atoms with Gasteiger partial charge in [0, 0.05) is 18.2 Å². The zero-order valence-electron chi connectivity index (χ0n) is 11.2. The average Bonchev–Trinajstić information content (AvgIpc) is 2.99. The highest BCUT2D eigenvalue weighted by molar-refractivity contribution is 5.82. The summed E-state index contributed by atoms with van der Waals surface area (Å²) in [5, 5.41) is 6.00. The van der Waals surface area contributed by atoms with E-state index >= 15 is 0 Å². The minimum absolute atomic E-state index is 0.0804. The number of hydrogen-bond donors (Lipinski definition) is 2. The van der Waals surface area contributed by atoms with Crippen molar-refractivity contribution in [1.29, 1.82) is 0 Å². The Morgan fingerprint density at radius 1 is 1.35 bits per heavy atom. The number of amides is 1. The monoisotopic (exact) mass is 280 g/mol. The second-order valence-electron chi connectivity index (χ2n) is 5.69. The van der Waals surface area contributed by atoms with Crippen LogP contribution in [0.1, 0.15) is 24.8 Å². The first-order valence-electron chi connectivity index (χ1n) is 7.10. The van der Waals surface area contributed by atoms with Gasteiger partial charge in [0.05, 0.1) is 6.04 Å². The van der Waals surface area contributed by atoms with Crippen LogP contribution < -0.4 is 10.6 Å². The highest BCUT2D eigenvalue weighted by Gasteiger charge is 2.42. The highest BCUT2D eigenvalue weighted by atomic mass is 19.1. The Kier molecular flexibility index (Phi) is 3.70. The van der Waals surface area contributed by atoms with Gasteiger partial charge < -0.3 is 10.6 Å². The summed E-state index contributed by atoms with van der Waals surface area (Å²) in [5.41, 5.74) is 0.306. The molecule has 3 rings (SSSR count). The Morgan fingerprint density at radius 3 is 3.00 bits per heavy atom. The molecule has 1 heterocycles. The van der Waals surface area contributed by atoms with Gasteiger partial charge in [-0.25, -0.2) is 8.78 Å². The summed E-state index contributed by atoms with van der Waals surface area (Å²) in [6.45, 7) is 0.994. The van der Waals surface area contributed by atoms with Crippen molar-refractivity contribution in [1.82, 2.24) is 10.6 Å². The smallest absolute Gasteiger partial charge is 0.237 e. The van der Waals surface area contributed by atoms with Gasteiger partial charge in [0.25, 0.3) is 0 Å². The molecule has 2 aliphatic rings. The fourth-order valence-corrected chi connectivity index (χ4v) is 3.43. The molecule has 1 aromatic carbocycles. The van der Waals surface area contributed by atoms with Crippen molar-refractivity contribution in [2.45, 2.75) is 31.8 Å². The molecular weight excluding hydrogens is 262 g/mol. The van der Waals surface area contributed by atoms with Gasteiger partial charge in [-0.3, -0.25) is 4.79 Å². The molecule has 1 saturated carbocycles. The molecular formula is C15H18F2N2O. The van der Waals surface area contributed by atoms with Crippen molar-refractivity contribution < 1.29 is 13.6 Å². The van der Waals surface area contributed by atoms with Crippen LogP contribution >= 0.6 is 0 Å². The van der Waals surface area contributed by atoms with E-state index in [1.54, 1.807) is 0 Å². The first kappa shape index (κ1) is 13.5. The van der Waals surface area contributed by atoms with Crippen LogP contribution in [0.2, 0.25) is 0 Å². The van der Waals surface area contributed by atoms with Crippen molar-refractivity contribution in [3.63, 3.8) is 0 Å². The van der Waals surface area contributed by atoms with Gasteiger partial charge >= 0.3 is 0 Å². The lowest BCUT2D eigenvalue weighted by Crippen LogP contribution is -2.43. The third kappa shape index (κ3) is 2.54. The second kappa shape index (κ2) is 5.48. The number of carbonyl (C=O) groups excluding carboxylic acids is 1. The van der Waals surface area contributed by atoms with Crippen LogP contribution in [0, 0.1) is 23.5 Å². The molecule has 3 atom stereocenters. The Hall–Kier alpha value is -1.49. The van der Waals surface area contributed by atoms with Crippen LogP contribution in [0.25, 0.3) is 0 Å². The molecule has 2 fully saturated rings. The fourth-order valence-electron chi connectivity index (χ4n) is 3.43. The van der Waals surface area contributed by atoms with Gasteiger partial charge in [-0.1, -0.05) is 12.5 Å². The summed E-state index contributed by atoms with van der Waals surface area (Å²) in [5.74, 6) is -0.295. The number of nitrogens with one attached hydrogen (secondary N) is 2. The minimum atomic E-state index is -0.622. The standard InChI is InChI=1S/C15H18F2N2O/c16-11-5-4-10(13(17)6-11)8-19-15(20)14-12-3-1-2-9(12)7-18-14/h4-6,9,12,14,18H,1-3,7-8H2,(H,19,20). The van der Waals surface area contributed by atoms with E-state index in [4.69, 9.17) is 0 Å². The molecule has 3 unspecified atom stereocenters. The van der Waals surface area contributed by atoms with Gasteiger partial charge in [-0.2, -0.15) is 0 Å². The van der Waals surface area contributed by atoms with Gasteiger partial charge in [0.1, 0.15) is 11.6 Å². The molecule has 0 aromatic heterocycles. The number of carbonyl (C=O) groups is 1. The molecule has 1 aliphatic carbocycles. The molecule has 1 amide bonds. The Balaban J connectivity index is 1.59. The zero-order valence-corrected chi connectivity index (χ0v) is 11.2. The number of fused-ring (bicyclic) bond motifs is 1. The lowest BCUT2D eigenvalue weighted by molar-refractivity contribution is -0.123. The van der Waals surface area contributed by atoms with Crippen molar-refractivity contribution in [3.05, 3.63) is 35.4 Å². The summed E-state index contributed by atoms with van der Waals surface area (Å²) in [7, 11) is 0. The number of rotatable bonds is 3. The van der Waals surface area contributed by atoms with Crippen LogP contribution in [0.15, 0.2) is 18.2 Å². The maximum atomic E-state index is 13.5. The van der Waals surface area contributed by atoms with Crippen LogP contribution in [0.4, 0.5) is 8.78 Å². The summed E-state index contributed by atoms with van der Waals surface area (Å²) < 4.78 is 26.3. The summed E-state index contributed by atoms with van der Waals surface area (Å²) in [4.78, 5) is 12.2. The molecule has 5 heteroatoms. The number of halogens is 2. The Morgan fingerprint density at radius 2 is 2.20 bits per heavy atom. The summed E-state index contributed by atoms with van der Waals surface area (Å²) >= 11 is 0. The summed E-state index contributed by atoms with van der Waals surface area (Å²) in [6.07, 6.45) is 3.46. The molecule has 0 radical (unpaired) electrons.